The third-order valence-corrected chi connectivity index (χ3v) is 6.88. The Balaban J connectivity index is 2.23. The number of rotatable bonds is 12. The number of nitrogens with zero attached hydrogens (tertiary/aromatic N) is 1. The summed E-state index contributed by atoms with van der Waals surface area (Å²) in [6.07, 6.45) is 2.32. The van der Waals surface area contributed by atoms with Gasteiger partial charge < -0.3 is 15.0 Å². The topological polar surface area (TPSA) is 58.6 Å². The lowest BCUT2D eigenvalue weighted by Crippen LogP contribution is -2.50. The average molecular weight is 572 g/mol. The van der Waals surface area contributed by atoms with E-state index >= 15 is 0 Å². The molecule has 1 atom stereocenters. The van der Waals surface area contributed by atoms with Crippen LogP contribution in [0.3, 0.4) is 0 Å². The first-order chi connectivity index (χ1) is 16.2. The molecule has 8 heteroatoms. The molecule has 2 aromatic rings. The number of nitrogens with one attached hydrogen (secondary N) is 1. The molecule has 0 bridgehead atoms. The Bertz CT molecular complexity index is 985. The summed E-state index contributed by atoms with van der Waals surface area (Å²) in [5, 5.41) is 3.78. The van der Waals surface area contributed by atoms with Crippen molar-refractivity contribution in [2.45, 2.75) is 65.5 Å². The number of amides is 2. The van der Waals surface area contributed by atoms with Crippen molar-refractivity contribution in [2.75, 3.05) is 13.2 Å². The van der Waals surface area contributed by atoms with Gasteiger partial charge in [-0.15, -0.1) is 0 Å². The van der Waals surface area contributed by atoms with Crippen LogP contribution in [0.15, 0.2) is 40.9 Å². The molecule has 0 spiro atoms. The SMILES string of the molecule is CCCCNC(=O)C(CC)N(Cc1ccc(Cl)c(Cl)c1)C(=O)COc1ccc(C(C)C)cc1Br. The zero-order chi connectivity index (χ0) is 25.3. The summed E-state index contributed by atoms with van der Waals surface area (Å²) in [5.41, 5.74) is 1.95. The average Bonchev–Trinajstić information content (AvgIpc) is 2.80. The fraction of sp³-hybridized carbons (Fsp3) is 0.462. The summed E-state index contributed by atoms with van der Waals surface area (Å²) in [5.74, 6) is 0.494. The fourth-order valence-electron chi connectivity index (χ4n) is 3.48. The number of ether oxygens (including phenoxy) is 1. The number of benzene rings is 2. The van der Waals surface area contributed by atoms with Gasteiger partial charge in [-0.05, 0) is 70.1 Å². The highest BCUT2D eigenvalue weighted by molar-refractivity contribution is 9.10. The molecule has 0 saturated heterocycles. The zero-order valence-corrected chi connectivity index (χ0v) is 23.3. The van der Waals surface area contributed by atoms with Crippen LogP contribution in [0.25, 0.3) is 0 Å². The van der Waals surface area contributed by atoms with Gasteiger partial charge in [0, 0.05) is 13.1 Å². The maximum Gasteiger partial charge on any atom is 0.261 e. The van der Waals surface area contributed by atoms with Crippen LogP contribution in [0.5, 0.6) is 5.75 Å². The number of carbonyl (C=O) groups excluding carboxylic acids is 2. The Morgan fingerprint density at radius 2 is 1.82 bits per heavy atom. The van der Waals surface area contributed by atoms with Crippen molar-refractivity contribution in [3.8, 4) is 5.75 Å². The summed E-state index contributed by atoms with van der Waals surface area (Å²) in [6.45, 7) is 8.78. The molecule has 2 aromatic carbocycles. The summed E-state index contributed by atoms with van der Waals surface area (Å²) in [4.78, 5) is 27.8. The lowest BCUT2D eigenvalue weighted by Gasteiger charge is -2.30. The van der Waals surface area contributed by atoms with Gasteiger partial charge in [0.1, 0.15) is 11.8 Å². The number of halogens is 3. The third kappa shape index (κ3) is 8.17. The van der Waals surface area contributed by atoms with Gasteiger partial charge in [0.25, 0.3) is 5.91 Å². The van der Waals surface area contributed by atoms with E-state index in [1.54, 1.807) is 23.1 Å². The van der Waals surface area contributed by atoms with Gasteiger partial charge in [-0.1, -0.05) is 69.5 Å². The molecule has 2 rings (SSSR count). The number of hydrogen-bond acceptors (Lipinski definition) is 3. The van der Waals surface area contributed by atoms with E-state index in [0.717, 1.165) is 22.9 Å². The fourth-order valence-corrected chi connectivity index (χ4v) is 4.31. The normalized spacial score (nSPS) is 11.9. The first-order valence-corrected chi connectivity index (χ1v) is 13.2. The number of hydrogen-bond donors (Lipinski definition) is 1. The standard InChI is InChI=1S/C26H33BrCl2N2O3/c1-5-7-12-30-26(33)23(6-2)31(15-18-8-10-21(28)22(29)13-18)25(32)16-34-24-11-9-19(17(3)4)14-20(24)27/h8-11,13-14,17,23H,5-7,12,15-16H2,1-4H3,(H,30,33). The molecule has 34 heavy (non-hydrogen) atoms. The monoisotopic (exact) mass is 570 g/mol. The van der Waals surface area contributed by atoms with E-state index in [9.17, 15) is 9.59 Å². The molecule has 0 aliphatic carbocycles. The smallest absolute Gasteiger partial charge is 0.261 e. The van der Waals surface area contributed by atoms with Gasteiger partial charge in [0.15, 0.2) is 6.61 Å². The number of unbranched alkanes of at least 4 members (excludes halogenated alkanes) is 1. The first kappa shape index (κ1) is 28.5. The van der Waals surface area contributed by atoms with Crippen molar-refractivity contribution in [3.63, 3.8) is 0 Å². The minimum absolute atomic E-state index is 0.174. The second-order valence-corrected chi connectivity index (χ2v) is 10.1. The van der Waals surface area contributed by atoms with Gasteiger partial charge in [-0.2, -0.15) is 0 Å². The number of carbonyl (C=O) groups is 2. The molecule has 1 N–H and O–H groups in total. The lowest BCUT2D eigenvalue weighted by molar-refractivity contribution is -0.143. The molecule has 0 aromatic heterocycles. The molecule has 186 valence electrons. The molecule has 0 fully saturated rings. The van der Waals surface area contributed by atoms with Crippen LogP contribution in [0.2, 0.25) is 10.0 Å². The van der Waals surface area contributed by atoms with Crippen LogP contribution in [0.4, 0.5) is 0 Å². The quantitative estimate of drug-likeness (QED) is 0.279. The molecule has 1 unspecified atom stereocenters. The van der Waals surface area contributed by atoms with Crippen LogP contribution in [0, 0.1) is 0 Å². The van der Waals surface area contributed by atoms with Crippen molar-refractivity contribution < 1.29 is 14.3 Å². The summed E-state index contributed by atoms with van der Waals surface area (Å²) < 4.78 is 6.63. The zero-order valence-electron chi connectivity index (χ0n) is 20.2. The van der Waals surface area contributed by atoms with Crippen LogP contribution >= 0.6 is 39.1 Å². The van der Waals surface area contributed by atoms with E-state index in [4.69, 9.17) is 27.9 Å². The van der Waals surface area contributed by atoms with Crippen LogP contribution in [0.1, 0.15) is 64.0 Å². The molecular weight excluding hydrogens is 539 g/mol. The molecule has 0 radical (unpaired) electrons. The maximum atomic E-state index is 13.3. The second kappa shape index (κ2) is 14.0. The van der Waals surface area contributed by atoms with Crippen molar-refractivity contribution in [1.82, 2.24) is 10.2 Å². The molecule has 5 nitrogen and oxygen atoms in total. The van der Waals surface area contributed by atoms with Crippen LogP contribution < -0.4 is 10.1 Å². The van der Waals surface area contributed by atoms with Crippen molar-refractivity contribution in [1.29, 1.82) is 0 Å². The van der Waals surface area contributed by atoms with Gasteiger partial charge in [0.05, 0.1) is 14.5 Å². The van der Waals surface area contributed by atoms with E-state index in [1.165, 1.54) is 5.56 Å². The Morgan fingerprint density at radius 3 is 2.41 bits per heavy atom. The van der Waals surface area contributed by atoms with Crippen molar-refractivity contribution in [2.24, 2.45) is 0 Å². The van der Waals surface area contributed by atoms with E-state index in [-0.39, 0.29) is 25.0 Å². The molecule has 2 amide bonds. The maximum absolute atomic E-state index is 13.3. The molecule has 0 aliphatic rings. The Morgan fingerprint density at radius 1 is 1.09 bits per heavy atom. The van der Waals surface area contributed by atoms with Gasteiger partial charge in [-0.3, -0.25) is 9.59 Å². The van der Waals surface area contributed by atoms with Crippen LogP contribution in [-0.4, -0.2) is 35.9 Å². The third-order valence-electron chi connectivity index (χ3n) is 5.53. The van der Waals surface area contributed by atoms with E-state index in [2.05, 4.69) is 42.0 Å². The van der Waals surface area contributed by atoms with E-state index < -0.39 is 6.04 Å². The van der Waals surface area contributed by atoms with Crippen molar-refractivity contribution >= 4 is 50.9 Å². The molecule has 0 heterocycles. The molecule has 0 aliphatic heterocycles. The van der Waals surface area contributed by atoms with Gasteiger partial charge in [0.2, 0.25) is 5.91 Å². The minimum Gasteiger partial charge on any atom is -0.483 e. The lowest BCUT2D eigenvalue weighted by atomic mass is 10.0. The van der Waals surface area contributed by atoms with Gasteiger partial charge >= 0.3 is 0 Å². The largest absolute Gasteiger partial charge is 0.483 e. The van der Waals surface area contributed by atoms with Crippen molar-refractivity contribution in [3.05, 3.63) is 62.0 Å². The Labute approximate surface area is 221 Å². The second-order valence-electron chi connectivity index (χ2n) is 8.47. The van der Waals surface area contributed by atoms with E-state index in [1.807, 2.05) is 25.1 Å². The molecule has 0 saturated carbocycles. The highest BCUT2D eigenvalue weighted by Gasteiger charge is 2.29. The summed E-state index contributed by atoms with van der Waals surface area (Å²) in [7, 11) is 0. The predicted molar refractivity (Wildman–Crippen MR) is 143 cm³/mol. The Kier molecular flexibility index (Phi) is 11.7. The predicted octanol–water partition coefficient (Wildman–Crippen LogP) is 6.98. The first-order valence-electron chi connectivity index (χ1n) is 11.6. The molecular formula is C26H33BrCl2N2O3. The summed E-state index contributed by atoms with van der Waals surface area (Å²) in [6, 6.07) is 10.4. The van der Waals surface area contributed by atoms with Crippen LogP contribution in [-0.2, 0) is 16.1 Å². The highest BCUT2D eigenvalue weighted by atomic mass is 79.9. The minimum atomic E-state index is -0.630. The summed E-state index contributed by atoms with van der Waals surface area (Å²) >= 11 is 15.8. The highest BCUT2D eigenvalue weighted by Crippen LogP contribution is 2.29. The Hall–Kier alpha value is -1.76. The van der Waals surface area contributed by atoms with E-state index in [0.29, 0.717) is 34.7 Å². The van der Waals surface area contributed by atoms with Gasteiger partial charge in [-0.25, -0.2) is 0 Å².